The second kappa shape index (κ2) is 11.0. The minimum Gasteiger partial charge on any atom is -0.354 e. The molecule has 1 aromatic heterocycles. The van der Waals surface area contributed by atoms with Crippen molar-refractivity contribution in [3.63, 3.8) is 0 Å². The quantitative estimate of drug-likeness (QED) is 0.359. The Morgan fingerprint density at radius 2 is 1.68 bits per heavy atom. The first-order valence-corrected chi connectivity index (χ1v) is 12.5. The number of rotatable bonds is 8. The van der Waals surface area contributed by atoms with E-state index < -0.39 is 5.54 Å². The van der Waals surface area contributed by atoms with Gasteiger partial charge in [-0.15, -0.1) is 11.3 Å². The third-order valence-electron chi connectivity index (χ3n) is 6.01. The number of amides is 3. The number of halogens is 1. The summed E-state index contributed by atoms with van der Waals surface area (Å²) in [5, 5.41) is 14.1. The molecule has 34 heavy (non-hydrogen) atoms. The Morgan fingerprint density at radius 3 is 2.44 bits per heavy atom. The molecule has 1 saturated heterocycles. The molecule has 2 aromatic carbocycles. The van der Waals surface area contributed by atoms with Gasteiger partial charge in [0.15, 0.2) is 0 Å². The lowest BCUT2D eigenvalue weighted by Gasteiger charge is -2.36. The Bertz CT molecular complexity index is 1180. The van der Waals surface area contributed by atoms with Gasteiger partial charge in [0, 0.05) is 13.1 Å². The number of hydrogen-bond acceptors (Lipinski definition) is 5. The van der Waals surface area contributed by atoms with Crippen LogP contribution in [0.1, 0.15) is 28.1 Å². The van der Waals surface area contributed by atoms with Gasteiger partial charge in [0.2, 0.25) is 11.8 Å². The van der Waals surface area contributed by atoms with E-state index in [4.69, 9.17) is 11.6 Å². The van der Waals surface area contributed by atoms with E-state index in [2.05, 4.69) is 21.3 Å². The van der Waals surface area contributed by atoms with Gasteiger partial charge in [-0.2, -0.15) is 0 Å². The summed E-state index contributed by atoms with van der Waals surface area (Å²) < 4.78 is 0.521. The summed E-state index contributed by atoms with van der Waals surface area (Å²) in [6, 6.07) is 17.2. The molecule has 4 rings (SSSR count). The van der Waals surface area contributed by atoms with E-state index in [1.165, 1.54) is 11.3 Å². The number of carbonyl (C=O) groups excluding carboxylic acids is 3. The predicted molar refractivity (Wildman–Crippen MR) is 135 cm³/mol. The lowest BCUT2D eigenvalue weighted by atomic mass is 9.87. The van der Waals surface area contributed by atoms with Gasteiger partial charge in [-0.25, -0.2) is 0 Å². The highest BCUT2D eigenvalue weighted by atomic mass is 35.5. The van der Waals surface area contributed by atoms with E-state index in [1.54, 1.807) is 12.1 Å². The maximum Gasteiger partial charge on any atom is 0.262 e. The van der Waals surface area contributed by atoms with Crippen LogP contribution < -0.4 is 21.3 Å². The van der Waals surface area contributed by atoms with Crippen LogP contribution in [0.3, 0.4) is 0 Å². The zero-order valence-electron chi connectivity index (χ0n) is 18.7. The zero-order valence-corrected chi connectivity index (χ0v) is 20.2. The van der Waals surface area contributed by atoms with E-state index in [-0.39, 0.29) is 30.7 Å². The van der Waals surface area contributed by atoms with E-state index in [0.29, 0.717) is 41.7 Å². The second-order valence-electron chi connectivity index (χ2n) is 8.31. The van der Waals surface area contributed by atoms with Crippen molar-refractivity contribution in [2.24, 2.45) is 0 Å². The Kier molecular flexibility index (Phi) is 7.82. The number of carbonyl (C=O) groups is 3. The van der Waals surface area contributed by atoms with Crippen molar-refractivity contribution in [2.75, 3.05) is 26.2 Å². The summed E-state index contributed by atoms with van der Waals surface area (Å²) in [6.45, 7) is 1.83. The van der Waals surface area contributed by atoms with Crippen molar-refractivity contribution in [3.8, 4) is 0 Å². The molecular formula is C25H27ClN4O3S. The van der Waals surface area contributed by atoms with E-state index in [9.17, 15) is 14.4 Å². The summed E-state index contributed by atoms with van der Waals surface area (Å²) in [7, 11) is 0. The molecule has 0 atom stereocenters. The van der Waals surface area contributed by atoms with Gasteiger partial charge < -0.3 is 21.3 Å². The fourth-order valence-electron chi connectivity index (χ4n) is 4.21. The smallest absolute Gasteiger partial charge is 0.262 e. The van der Waals surface area contributed by atoms with Gasteiger partial charge in [-0.1, -0.05) is 54.1 Å². The molecule has 1 aliphatic rings. The van der Waals surface area contributed by atoms with Crippen molar-refractivity contribution in [3.05, 3.63) is 69.4 Å². The van der Waals surface area contributed by atoms with Gasteiger partial charge >= 0.3 is 0 Å². The van der Waals surface area contributed by atoms with Crippen LogP contribution in [-0.2, 0) is 16.0 Å². The minimum atomic E-state index is -0.994. The van der Waals surface area contributed by atoms with Crippen LogP contribution in [0, 0.1) is 0 Å². The van der Waals surface area contributed by atoms with Gasteiger partial charge in [0.05, 0.1) is 15.6 Å². The summed E-state index contributed by atoms with van der Waals surface area (Å²) >= 11 is 7.13. The topological polar surface area (TPSA) is 99.3 Å². The number of benzene rings is 2. The monoisotopic (exact) mass is 498 g/mol. The highest BCUT2D eigenvalue weighted by molar-refractivity contribution is 7.18. The molecule has 2 heterocycles. The first kappa shape index (κ1) is 24.2. The van der Waals surface area contributed by atoms with Gasteiger partial charge in [-0.3, -0.25) is 14.4 Å². The molecule has 0 saturated carbocycles. The van der Waals surface area contributed by atoms with Gasteiger partial charge in [-0.05, 0) is 54.4 Å². The summed E-state index contributed by atoms with van der Waals surface area (Å²) in [5.74, 6) is -0.657. The van der Waals surface area contributed by atoms with E-state index in [1.807, 2.05) is 42.5 Å². The van der Waals surface area contributed by atoms with Crippen LogP contribution in [0.15, 0.2) is 54.6 Å². The molecule has 178 valence electrons. The molecule has 0 bridgehead atoms. The van der Waals surface area contributed by atoms with Gasteiger partial charge in [0.25, 0.3) is 5.91 Å². The maximum atomic E-state index is 13.1. The van der Waals surface area contributed by atoms with Crippen molar-refractivity contribution in [1.82, 2.24) is 21.3 Å². The average molecular weight is 499 g/mol. The number of thiophene rings is 1. The molecule has 4 N–H and O–H groups in total. The van der Waals surface area contributed by atoms with Crippen LogP contribution in [0.25, 0.3) is 10.8 Å². The fraction of sp³-hybridized carbons (Fsp3) is 0.320. The van der Waals surface area contributed by atoms with Crippen LogP contribution in [0.5, 0.6) is 0 Å². The molecule has 1 fully saturated rings. The lowest BCUT2D eigenvalue weighted by molar-refractivity contribution is -0.128. The van der Waals surface area contributed by atoms with Crippen molar-refractivity contribution in [2.45, 2.75) is 24.8 Å². The molecule has 0 spiro atoms. The number of piperidine rings is 1. The molecule has 0 unspecified atom stereocenters. The minimum absolute atomic E-state index is 0.106. The standard InChI is InChI=1S/C25H27ClN4O3S/c26-21-9-8-20(34-21)23(32)30-25(10-12-27-13-11-25)24(33)29-15-14-28-22(31)16-18-6-3-5-17-4-1-2-7-19(17)18/h1-9,27H,10-16H2,(H,28,31)(H,29,33)(H,30,32). The fourth-order valence-corrected chi connectivity index (χ4v) is 5.15. The Labute approximate surface area is 207 Å². The van der Waals surface area contributed by atoms with Crippen molar-refractivity contribution >= 4 is 51.4 Å². The highest BCUT2D eigenvalue weighted by Crippen LogP contribution is 2.24. The average Bonchev–Trinajstić information content (AvgIpc) is 3.29. The van der Waals surface area contributed by atoms with E-state index >= 15 is 0 Å². The zero-order chi connectivity index (χ0) is 24.0. The first-order chi connectivity index (χ1) is 16.5. The van der Waals surface area contributed by atoms with Crippen LogP contribution in [0.2, 0.25) is 4.34 Å². The number of nitrogens with one attached hydrogen (secondary N) is 4. The first-order valence-electron chi connectivity index (χ1n) is 11.3. The molecular weight excluding hydrogens is 472 g/mol. The molecule has 0 radical (unpaired) electrons. The van der Waals surface area contributed by atoms with Crippen molar-refractivity contribution in [1.29, 1.82) is 0 Å². The number of fused-ring (bicyclic) bond motifs is 1. The summed E-state index contributed by atoms with van der Waals surface area (Å²) in [5.41, 5.74) is -0.0316. The normalized spacial score (nSPS) is 15.0. The summed E-state index contributed by atoms with van der Waals surface area (Å²) in [6.07, 6.45) is 1.23. The van der Waals surface area contributed by atoms with E-state index in [0.717, 1.165) is 16.3 Å². The number of hydrogen-bond donors (Lipinski definition) is 4. The second-order valence-corrected chi connectivity index (χ2v) is 10.0. The lowest BCUT2D eigenvalue weighted by Crippen LogP contribution is -2.63. The Hall–Kier alpha value is -2.94. The third kappa shape index (κ3) is 5.75. The van der Waals surface area contributed by atoms with Gasteiger partial charge in [0.1, 0.15) is 5.54 Å². The third-order valence-corrected chi connectivity index (χ3v) is 7.24. The molecule has 1 aliphatic heterocycles. The Morgan fingerprint density at radius 1 is 0.941 bits per heavy atom. The molecule has 9 heteroatoms. The Balaban J connectivity index is 1.29. The summed E-state index contributed by atoms with van der Waals surface area (Å²) in [4.78, 5) is 38.7. The van der Waals surface area contributed by atoms with Crippen molar-refractivity contribution < 1.29 is 14.4 Å². The molecule has 3 aromatic rings. The highest BCUT2D eigenvalue weighted by Gasteiger charge is 2.41. The maximum absolute atomic E-state index is 13.1. The van der Waals surface area contributed by atoms with Crippen LogP contribution in [0.4, 0.5) is 0 Å². The molecule has 7 nitrogen and oxygen atoms in total. The molecule has 0 aliphatic carbocycles. The van der Waals surface area contributed by atoms with Crippen LogP contribution >= 0.6 is 22.9 Å². The van der Waals surface area contributed by atoms with Crippen LogP contribution in [-0.4, -0.2) is 49.4 Å². The SMILES string of the molecule is O=C(Cc1cccc2ccccc12)NCCNC(=O)C1(NC(=O)c2ccc(Cl)s2)CCNCC1. The largest absolute Gasteiger partial charge is 0.354 e. The predicted octanol–water partition coefficient (Wildman–Crippen LogP) is 2.88. The molecule has 3 amide bonds.